The quantitative estimate of drug-likeness (QED) is 0.300. The Bertz CT molecular complexity index is 1030. The number of nitrogens with one attached hydrogen (secondary N) is 1. The largest absolute Gasteiger partial charge is 0.497 e. The van der Waals surface area contributed by atoms with Gasteiger partial charge in [-0.25, -0.2) is 10.2 Å². The van der Waals surface area contributed by atoms with Crippen LogP contribution in [0.3, 0.4) is 0 Å². The first kappa shape index (κ1) is 19.8. The van der Waals surface area contributed by atoms with Gasteiger partial charge in [0.25, 0.3) is 5.91 Å². The molecule has 0 radical (unpaired) electrons. The molecule has 1 amide bonds. The predicted molar refractivity (Wildman–Crippen MR) is 111 cm³/mol. The number of hydrazone groups is 1. The Morgan fingerprint density at radius 3 is 2.31 bits per heavy atom. The van der Waals surface area contributed by atoms with Gasteiger partial charge in [-0.15, -0.1) is 0 Å². The summed E-state index contributed by atoms with van der Waals surface area (Å²) in [6.07, 6.45) is 1.50. The second-order valence-electron chi connectivity index (χ2n) is 6.26. The molecule has 146 valence electrons. The molecule has 0 bridgehead atoms. The summed E-state index contributed by atoms with van der Waals surface area (Å²) in [5, 5.41) is 3.95. The molecule has 0 spiro atoms. The van der Waals surface area contributed by atoms with E-state index >= 15 is 0 Å². The third-order valence-electron chi connectivity index (χ3n) is 4.09. The van der Waals surface area contributed by atoms with Gasteiger partial charge >= 0.3 is 5.97 Å². The van der Waals surface area contributed by atoms with E-state index < -0.39 is 5.97 Å². The first-order valence-corrected chi connectivity index (χ1v) is 8.91. The molecule has 6 nitrogen and oxygen atoms in total. The lowest BCUT2D eigenvalue weighted by molar-refractivity contribution is 0.0734. The third kappa shape index (κ3) is 5.52. The normalized spacial score (nSPS) is 10.6. The van der Waals surface area contributed by atoms with Crippen molar-refractivity contribution in [2.24, 2.45) is 5.10 Å². The van der Waals surface area contributed by atoms with Gasteiger partial charge in [0, 0.05) is 5.56 Å². The minimum Gasteiger partial charge on any atom is -0.497 e. The van der Waals surface area contributed by atoms with Gasteiger partial charge in [0.15, 0.2) is 0 Å². The smallest absolute Gasteiger partial charge is 0.343 e. The monoisotopic (exact) mass is 388 g/mol. The Balaban J connectivity index is 1.56. The average Bonchev–Trinajstić information content (AvgIpc) is 2.75. The highest BCUT2D eigenvalue weighted by Gasteiger charge is 2.08. The number of esters is 1. The first-order valence-electron chi connectivity index (χ1n) is 8.91. The Labute approximate surface area is 168 Å². The van der Waals surface area contributed by atoms with Crippen molar-refractivity contribution in [2.75, 3.05) is 7.11 Å². The molecular formula is C23H20N2O4. The van der Waals surface area contributed by atoms with Crippen LogP contribution in [0.25, 0.3) is 0 Å². The Morgan fingerprint density at radius 2 is 1.62 bits per heavy atom. The van der Waals surface area contributed by atoms with E-state index in [4.69, 9.17) is 9.47 Å². The highest BCUT2D eigenvalue weighted by Crippen LogP contribution is 2.14. The zero-order chi connectivity index (χ0) is 20.6. The minimum absolute atomic E-state index is 0.344. The summed E-state index contributed by atoms with van der Waals surface area (Å²) in [7, 11) is 1.54. The Morgan fingerprint density at radius 1 is 0.897 bits per heavy atom. The topological polar surface area (TPSA) is 77.0 Å². The number of nitrogens with zero attached hydrogens (tertiary/aromatic N) is 1. The first-order chi connectivity index (χ1) is 14.0. The summed E-state index contributed by atoms with van der Waals surface area (Å²) in [6.45, 7) is 1.95. The van der Waals surface area contributed by atoms with Crippen molar-refractivity contribution in [1.29, 1.82) is 0 Å². The third-order valence-corrected chi connectivity index (χ3v) is 4.09. The van der Waals surface area contributed by atoms with E-state index in [0.717, 1.165) is 11.1 Å². The number of carbonyl (C=O) groups is 2. The molecule has 1 N–H and O–H groups in total. The van der Waals surface area contributed by atoms with Crippen molar-refractivity contribution in [3.63, 3.8) is 0 Å². The van der Waals surface area contributed by atoms with Crippen LogP contribution in [-0.2, 0) is 0 Å². The fraction of sp³-hybridized carbons (Fsp3) is 0.0870. The maximum Gasteiger partial charge on any atom is 0.343 e. The minimum atomic E-state index is -0.419. The van der Waals surface area contributed by atoms with Crippen LogP contribution in [0, 0.1) is 6.92 Å². The number of carbonyl (C=O) groups excluding carboxylic acids is 2. The van der Waals surface area contributed by atoms with Crippen LogP contribution in [0.4, 0.5) is 0 Å². The van der Waals surface area contributed by atoms with Crippen molar-refractivity contribution in [2.45, 2.75) is 6.92 Å². The van der Waals surface area contributed by atoms with E-state index in [2.05, 4.69) is 10.5 Å². The zero-order valence-corrected chi connectivity index (χ0v) is 16.1. The summed E-state index contributed by atoms with van der Waals surface area (Å²) in [5.41, 5.74) is 5.21. The lowest BCUT2D eigenvalue weighted by Crippen LogP contribution is -2.17. The number of benzene rings is 3. The second kappa shape index (κ2) is 9.32. The molecule has 0 unspecified atom stereocenters. The Kier molecular flexibility index (Phi) is 6.37. The van der Waals surface area contributed by atoms with Gasteiger partial charge < -0.3 is 9.47 Å². The molecular weight excluding hydrogens is 368 g/mol. The Hall–Kier alpha value is -3.93. The van der Waals surface area contributed by atoms with E-state index in [9.17, 15) is 9.59 Å². The van der Waals surface area contributed by atoms with Crippen LogP contribution in [0.5, 0.6) is 11.5 Å². The van der Waals surface area contributed by atoms with Gasteiger partial charge in [-0.1, -0.05) is 23.8 Å². The molecule has 3 rings (SSSR count). The number of hydrogen-bond acceptors (Lipinski definition) is 5. The van der Waals surface area contributed by atoms with Crippen LogP contribution in [0.1, 0.15) is 31.8 Å². The van der Waals surface area contributed by atoms with Crippen LogP contribution in [0.2, 0.25) is 0 Å². The number of hydrogen-bond donors (Lipinski definition) is 1. The molecule has 0 saturated heterocycles. The summed E-state index contributed by atoms with van der Waals surface area (Å²) >= 11 is 0. The number of rotatable bonds is 6. The van der Waals surface area contributed by atoms with Crippen molar-refractivity contribution >= 4 is 18.1 Å². The highest BCUT2D eigenvalue weighted by molar-refractivity contribution is 5.95. The molecule has 29 heavy (non-hydrogen) atoms. The molecule has 0 aliphatic heterocycles. The summed E-state index contributed by atoms with van der Waals surface area (Å²) in [4.78, 5) is 24.2. The number of methoxy groups -OCH3 is 1. The molecule has 3 aromatic rings. The maximum absolute atomic E-state index is 12.1. The molecule has 0 heterocycles. The van der Waals surface area contributed by atoms with E-state index in [1.165, 1.54) is 13.3 Å². The molecule has 0 aliphatic carbocycles. The SMILES string of the molecule is COc1cccc(C(=O)N/N=C/c2ccc(OC(=O)c3ccc(C)cc3)cc2)c1. The van der Waals surface area contributed by atoms with Crippen LogP contribution >= 0.6 is 0 Å². The standard InChI is InChI=1S/C23H20N2O4/c1-16-6-10-18(11-7-16)23(27)29-20-12-8-17(9-13-20)15-24-25-22(26)19-4-3-5-21(14-19)28-2/h3-15H,1-2H3,(H,25,26)/b24-15+. The molecule has 0 saturated carbocycles. The van der Waals surface area contributed by atoms with E-state index in [1.807, 2.05) is 19.1 Å². The highest BCUT2D eigenvalue weighted by atomic mass is 16.5. The number of ether oxygens (including phenoxy) is 2. The van der Waals surface area contributed by atoms with Crippen molar-refractivity contribution in [3.05, 3.63) is 95.1 Å². The van der Waals surface area contributed by atoms with Gasteiger partial charge in [-0.3, -0.25) is 4.79 Å². The average molecular weight is 388 g/mol. The predicted octanol–water partition coefficient (Wildman–Crippen LogP) is 3.99. The van der Waals surface area contributed by atoms with Gasteiger partial charge in [0.1, 0.15) is 11.5 Å². The zero-order valence-electron chi connectivity index (χ0n) is 16.1. The van der Waals surface area contributed by atoms with Gasteiger partial charge in [-0.05, 0) is 67.1 Å². The van der Waals surface area contributed by atoms with Crippen LogP contribution in [-0.4, -0.2) is 25.2 Å². The van der Waals surface area contributed by atoms with Crippen LogP contribution in [0.15, 0.2) is 77.9 Å². The molecule has 0 aliphatic rings. The van der Waals surface area contributed by atoms with E-state index in [0.29, 0.717) is 22.6 Å². The molecule has 0 atom stereocenters. The van der Waals surface area contributed by atoms with Crippen molar-refractivity contribution in [3.8, 4) is 11.5 Å². The molecule has 3 aromatic carbocycles. The van der Waals surface area contributed by atoms with E-state index in [1.54, 1.807) is 60.7 Å². The lowest BCUT2D eigenvalue weighted by atomic mass is 10.1. The van der Waals surface area contributed by atoms with Gasteiger partial charge in [0.05, 0.1) is 18.9 Å². The van der Waals surface area contributed by atoms with Gasteiger partial charge in [-0.2, -0.15) is 5.10 Å². The molecule has 0 aromatic heterocycles. The van der Waals surface area contributed by atoms with Crippen LogP contribution < -0.4 is 14.9 Å². The fourth-order valence-electron chi connectivity index (χ4n) is 2.47. The fourth-order valence-corrected chi connectivity index (χ4v) is 2.47. The molecule has 6 heteroatoms. The summed E-state index contributed by atoms with van der Waals surface area (Å²) in [5.74, 6) is 0.256. The van der Waals surface area contributed by atoms with Crippen molar-refractivity contribution in [1.82, 2.24) is 5.43 Å². The number of amides is 1. The second-order valence-corrected chi connectivity index (χ2v) is 6.26. The van der Waals surface area contributed by atoms with Crippen molar-refractivity contribution < 1.29 is 19.1 Å². The summed E-state index contributed by atoms with van der Waals surface area (Å²) < 4.78 is 10.4. The lowest BCUT2D eigenvalue weighted by Gasteiger charge is -2.05. The number of aryl methyl sites for hydroxylation is 1. The van der Waals surface area contributed by atoms with Gasteiger partial charge in [0.2, 0.25) is 0 Å². The maximum atomic E-state index is 12.1. The molecule has 0 fully saturated rings. The van der Waals surface area contributed by atoms with E-state index in [-0.39, 0.29) is 5.91 Å². The summed E-state index contributed by atoms with van der Waals surface area (Å²) in [6, 6.07) is 20.7.